The smallest absolute Gasteiger partial charge is 0.244 e. The molecule has 2 heteroatoms. The van der Waals surface area contributed by atoms with Crippen molar-refractivity contribution < 1.29 is 4.79 Å². The zero-order chi connectivity index (χ0) is 14.4. The Bertz CT molecular complexity index is 587. The number of benzene rings is 2. The third kappa shape index (κ3) is 3.82. The maximum atomic E-state index is 11.3. The van der Waals surface area contributed by atoms with E-state index in [1.54, 1.807) is 6.92 Å². The van der Waals surface area contributed by atoms with Gasteiger partial charge in [0, 0.05) is 11.5 Å². The molecule has 2 nitrogen and oxygen atoms in total. The molecule has 2 N–H and O–H groups in total. The molecule has 0 bridgehead atoms. The molecule has 1 amide bonds. The number of carbonyl (C=O) groups is 1. The summed E-state index contributed by atoms with van der Waals surface area (Å²) in [7, 11) is 0. The van der Waals surface area contributed by atoms with Gasteiger partial charge in [-0.3, -0.25) is 4.79 Å². The quantitative estimate of drug-likeness (QED) is 0.827. The summed E-state index contributed by atoms with van der Waals surface area (Å²) in [6.07, 6.45) is 2.82. The van der Waals surface area contributed by atoms with E-state index in [2.05, 4.69) is 24.3 Å². The van der Waals surface area contributed by atoms with E-state index >= 15 is 0 Å². The summed E-state index contributed by atoms with van der Waals surface area (Å²) in [6.45, 7) is 1.77. The Hall–Kier alpha value is -2.35. The van der Waals surface area contributed by atoms with E-state index < -0.39 is 0 Å². The molecule has 0 heterocycles. The zero-order valence-corrected chi connectivity index (χ0v) is 11.6. The third-order valence-corrected chi connectivity index (χ3v) is 3.37. The monoisotopic (exact) mass is 265 g/mol. The first-order valence-corrected chi connectivity index (χ1v) is 6.74. The number of amides is 1. The highest BCUT2D eigenvalue weighted by molar-refractivity contribution is 5.91. The Morgan fingerprint density at radius 1 is 1.05 bits per heavy atom. The number of hydrogen-bond donors (Lipinski definition) is 1. The minimum Gasteiger partial charge on any atom is -0.366 e. The average molecular weight is 265 g/mol. The second-order valence-corrected chi connectivity index (χ2v) is 4.92. The molecule has 0 aliphatic heterocycles. The van der Waals surface area contributed by atoms with Crippen LogP contribution in [-0.4, -0.2) is 5.91 Å². The van der Waals surface area contributed by atoms with E-state index in [-0.39, 0.29) is 11.8 Å². The van der Waals surface area contributed by atoms with Gasteiger partial charge in [0.25, 0.3) is 0 Å². The first-order valence-electron chi connectivity index (χ1n) is 6.74. The van der Waals surface area contributed by atoms with Gasteiger partial charge in [0.2, 0.25) is 5.91 Å². The van der Waals surface area contributed by atoms with Crippen molar-refractivity contribution in [2.75, 3.05) is 0 Å². The molecule has 0 aromatic heterocycles. The topological polar surface area (TPSA) is 43.1 Å². The van der Waals surface area contributed by atoms with Crippen LogP contribution in [0, 0.1) is 0 Å². The second-order valence-electron chi connectivity index (χ2n) is 4.92. The largest absolute Gasteiger partial charge is 0.366 e. The van der Waals surface area contributed by atoms with Crippen molar-refractivity contribution in [3.8, 4) is 0 Å². The average Bonchev–Trinajstić information content (AvgIpc) is 2.48. The van der Waals surface area contributed by atoms with Gasteiger partial charge in [-0.1, -0.05) is 66.7 Å². The number of hydrogen-bond acceptors (Lipinski definition) is 1. The van der Waals surface area contributed by atoms with Gasteiger partial charge in [-0.2, -0.15) is 0 Å². The molecule has 0 spiro atoms. The maximum Gasteiger partial charge on any atom is 0.244 e. The highest BCUT2D eigenvalue weighted by atomic mass is 16.1. The van der Waals surface area contributed by atoms with Crippen molar-refractivity contribution in [1.82, 2.24) is 0 Å². The minimum atomic E-state index is -0.362. The van der Waals surface area contributed by atoms with E-state index in [1.165, 1.54) is 11.1 Å². The van der Waals surface area contributed by atoms with Crippen LogP contribution in [0.5, 0.6) is 0 Å². The second kappa shape index (κ2) is 6.71. The molecular formula is C18H19NO. The number of allylic oxidation sites excluding steroid dienone is 1. The third-order valence-electron chi connectivity index (χ3n) is 3.37. The molecular weight excluding hydrogens is 246 g/mol. The van der Waals surface area contributed by atoms with Crippen LogP contribution >= 0.6 is 0 Å². The Kier molecular flexibility index (Phi) is 4.72. The van der Waals surface area contributed by atoms with Crippen LogP contribution < -0.4 is 5.73 Å². The van der Waals surface area contributed by atoms with Crippen LogP contribution in [0.3, 0.4) is 0 Å². The minimum absolute atomic E-state index is 0.158. The summed E-state index contributed by atoms with van der Waals surface area (Å²) in [5, 5.41) is 0. The van der Waals surface area contributed by atoms with Crippen LogP contribution in [0.15, 0.2) is 72.3 Å². The summed E-state index contributed by atoms with van der Waals surface area (Å²) in [5.74, 6) is -0.204. The van der Waals surface area contributed by atoms with Gasteiger partial charge >= 0.3 is 0 Å². The Morgan fingerprint density at radius 2 is 1.60 bits per heavy atom. The summed E-state index contributed by atoms with van der Waals surface area (Å²) < 4.78 is 0. The van der Waals surface area contributed by atoms with E-state index in [1.807, 2.05) is 42.5 Å². The van der Waals surface area contributed by atoms with Crippen molar-refractivity contribution in [3.05, 3.63) is 83.4 Å². The molecule has 1 atom stereocenters. The SMILES string of the molecule is CC(=CC(Cc1ccccc1)c1ccccc1)C(N)=O. The van der Waals surface area contributed by atoms with Crippen LogP contribution in [-0.2, 0) is 11.2 Å². The van der Waals surface area contributed by atoms with Crippen LogP contribution in [0.1, 0.15) is 24.0 Å². The Morgan fingerprint density at radius 3 is 2.15 bits per heavy atom. The standard InChI is InChI=1S/C18H19NO/c1-14(18(19)20)12-17(16-10-6-3-7-11-16)13-15-8-4-2-5-9-15/h2-12,17H,13H2,1H3,(H2,19,20). The fourth-order valence-corrected chi connectivity index (χ4v) is 2.23. The summed E-state index contributed by atoms with van der Waals surface area (Å²) >= 11 is 0. The molecule has 0 aliphatic carbocycles. The van der Waals surface area contributed by atoms with Gasteiger partial charge in [0.1, 0.15) is 0 Å². The molecule has 0 saturated carbocycles. The van der Waals surface area contributed by atoms with E-state index in [0.717, 1.165) is 6.42 Å². The predicted molar refractivity (Wildman–Crippen MR) is 82.3 cm³/mol. The maximum absolute atomic E-state index is 11.3. The fourth-order valence-electron chi connectivity index (χ4n) is 2.23. The molecule has 2 aromatic carbocycles. The molecule has 2 rings (SSSR count). The highest BCUT2D eigenvalue weighted by Gasteiger charge is 2.11. The lowest BCUT2D eigenvalue weighted by atomic mass is 9.90. The molecule has 0 aliphatic rings. The van der Waals surface area contributed by atoms with Crippen molar-refractivity contribution in [3.63, 3.8) is 0 Å². The van der Waals surface area contributed by atoms with Crippen LogP contribution in [0.2, 0.25) is 0 Å². The highest BCUT2D eigenvalue weighted by Crippen LogP contribution is 2.23. The summed E-state index contributed by atoms with van der Waals surface area (Å²) in [4.78, 5) is 11.3. The van der Waals surface area contributed by atoms with Crippen molar-refractivity contribution in [2.45, 2.75) is 19.3 Å². The van der Waals surface area contributed by atoms with Crippen molar-refractivity contribution >= 4 is 5.91 Å². The van der Waals surface area contributed by atoms with E-state index in [0.29, 0.717) is 5.57 Å². The van der Waals surface area contributed by atoms with Crippen molar-refractivity contribution in [2.24, 2.45) is 5.73 Å². The number of rotatable bonds is 5. The number of nitrogens with two attached hydrogens (primary N) is 1. The van der Waals surface area contributed by atoms with Crippen LogP contribution in [0.25, 0.3) is 0 Å². The molecule has 102 valence electrons. The Labute approximate surface area is 119 Å². The molecule has 0 fully saturated rings. The molecule has 1 unspecified atom stereocenters. The molecule has 2 aromatic rings. The normalized spacial score (nSPS) is 12.9. The lowest BCUT2D eigenvalue weighted by molar-refractivity contribution is -0.114. The van der Waals surface area contributed by atoms with Crippen LogP contribution in [0.4, 0.5) is 0 Å². The summed E-state index contributed by atoms with van der Waals surface area (Å²) in [6, 6.07) is 20.5. The van der Waals surface area contributed by atoms with Gasteiger partial charge < -0.3 is 5.73 Å². The predicted octanol–water partition coefficient (Wildman–Crippen LogP) is 3.44. The lowest BCUT2D eigenvalue weighted by Gasteiger charge is -2.14. The molecule has 0 radical (unpaired) electrons. The van der Waals surface area contributed by atoms with Gasteiger partial charge in [0.05, 0.1) is 0 Å². The van der Waals surface area contributed by atoms with E-state index in [9.17, 15) is 4.79 Å². The van der Waals surface area contributed by atoms with E-state index in [4.69, 9.17) is 5.73 Å². The molecule has 0 saturated heterocycles. The first-order chi connectivity index (χ1) is 9.66. The molecule has 20 heavy (non-hydrogen) atoms. The lowest BCUT2D eigenvalue weighted by Crippen LogP contribution is -2.13. The fraction of sp³-hybridized carbons (Fsp3) is 0.167. The number of carbonyl (C=O) groups excluding carboxylic acids is 1. The van der Waals surface area contributed by atoms with Gasteiger partial charge in [-0.05, 0) is 24.5 Å². The summed E-state index contributed by atoms with van der Waals surface area (Å²) in [5.41, 5.74) is 8.39. The first kappa shape index (κ1) is 14.1. The Balaban J connectivity index is 2.30. The van der Waals surface area contributed by atoms with Gasteiger partial charge in [-0.25, -0.2) is 0 Å². The van der Waals surface area contributed by atoms with Gasteiger partial charge in [0.15, 0.2) is 0 Å². The van der Waals surface area contributed by atoms with Crippen molar-refractivity contribution in [1.29, 1.82) is 0 Å². The zero-order valence-electron chi connectivity index (χ0n) is 11.6. The number of primary amides is 1. The van der Waals surface area contributed by atoms with Gasteiger partial charge in [-0.15, -0.1) is 0 Å².